The third-order valence-electron chi connectivity index (χ3n) is 2.06. The molecule has 0 amide bonds. The Labute approximate surface area is 59.4 Å². The van der Waals surface area contributed by atoms with Crippen molar-refractivity contribution in [3.63, 3.8) is 0 Å². The number of ether oxygens (including phenoxy) is 1. The highest BCUT2D eigenvalue weighted by molar-refractivity contribution is 6.03. The van der Waals surface area contributed by atoms with Crippen molar-refractivity contribution in [1.82, 2.24) is 0 Å². The molecule has 0 saturated carbocycles. The summed E-state index contributed by atoms with van der Waals surface area (Å²) in [5.41, 5.74) is -0.847. The Kier molecular flexibility index (Phi) is 1.50. The lowest BCUT2D eigenvalue weighted by Gasteiger charge is -2.12. The summed E-state index contributed by atoms with van der Waals surface area (Å²) < 4.78 is 4.67. The minimum atomic E-state index is -0.847. The second-order valence-electron chi connectivity index (χ2n) is 2.77. The highest BCUT2D eigenvalue weighted by atomic mass is 16.5. The summed E-state index contributed by atoms with van der Waals surface area (Å²) in [4.78, 5) is 21.8. The number of cyclic esters (lactones) is 1. The molecule has 1 heterocycles. The topological polar surface area (TPSA) is 43.4 Å². The van der Waals surface area contributed by atoms with Crippen LogP contribution in [-0.4, -0.2) is 18.4 Å². The van der Waals surface area contributed by atoms with Gasteiger partial charge in [0.2, 0.25) is 0 Å². The highest BCUT2D eigenvalue weighted by Crippen LogP contribution is 2.29. The Balaban J connectivity index is 2.86. The van der Waals surface area contributed by atoms with Crippen molar-refractivity contribution in [2.75, 3.05) is 6.61 Å². The molecule has 0 radical (unpaired) electrons. The van der Waals surface area contributed by atoms with Crippen molar-refractivity contribution < 1.29 is 14.3 Å². The fourth-order valence-corrected chi connectivity index (χ4v) is 0.929. The maximum absolute atomic E-state index is 10.9. The molecular weight excluding hydrogens is 132 g/mol. The molecule has 0 aliphatic carbocycles. The van der Waals surface area contributed by atoms with E-state index in [-0.39, 0.29) is 11.8 Å². The molecule has 1 rings (SSSR count). The van der Waals surface area contributed by atoms with Crippen molar-refractivity contribution in [2.45, 2.75) is 20.3 Å². The van der Waals surface area contributed by atoms with Crippen LogP contribution in [0.4, 0.5) is 0 Å². The second kappa shape index (κ2) is 2.08. The average molecular weight is 142 g/mol. The van der Waals surface area contributed by atoms with Gasteiger partial charge in [-0.25, -0.2) is 0 Å². The van der Waals surface area contributed by atoms with Gasteiger partial charge >= 0.3 is 5.97 Å². The van der Waals surface area contributed by atoms with E-state index in [4.69, 9.17) is 0 Å². The SMILES string of the molecule is CC(=O)[C@]1(C)CCOC1=O. The maximum atomic E-state index is 10.9. The largest absolute Gasteiger partial charge is 0.465 e. The molecule has 0 N–H and O–H groups in total. The van der Waals surface area contributed by atoms with Gasteiger partial charge in [-0.1, -0.05) is 0 Å². The van der Waals surface area contributed by atoms with Crippen LogP contribution in [0, 0.1) is 5.41 Å². The van der Waals surface area contributed by atoms with Gasteiger partial charge in [0.1, 0.15) is 11.2 Å². The Morgan fingerprint density at radius 2 is 2.30 bits per heavy atom. The van der Waals surface area contributed by atoms with Crippen LogP contribution in [0.15, 0.2) is 0 Å². The molecular formula is C7H10O3. The number of carbonyl (C=O) groups excluding carboxylic acids is 2. The average Bonchev–Trinajstić information content (AvgIpc) is 2.15. The van der Waals surface area contributed by atoms with E-state index in [0.29, 0.717) is 13.0 Å². The van der Waals surface area contributed by atoms with Gasteiger partial charge in [0.25, 0.3) is 0 Å². The van der Waals surface area contributed by atoms with Crippen molar-refractivity contribution in [3.05, 3.63) is 0 Å². The molecule has 0 aromatic heterocycles. The first-order valence-electron chi connectivity index (χ1n) is 3.25. The van der Waals surface area contributed by atoms with E-state index in [1.165, 1.54) is 6.92 Å². The molecule has 0 spiro atoms. The summed E-state index contributed by atoms with van der Waals surface area (Å²) in [5, 5.41) is 0. The van der Waals surface area contributed by atoms with Gasteiger partial charge in [0.05, 0.1) is 6.61 Å². The number of hydrogen-bond acceptors (Lipinski definition) is 3. The van der Waals surface area contributed by atoms with Crippen LogP contribution < -0.4 is 0 Å². The van der Waals surface area contributed by atoms with Crippen molar-refractivity contribution in [2.24, 2.45) is 5.41 Å². The Hall–Kier alpha value is -0.860. The smallest absolute Gasteiger partial charge is 0.319 e. The molecule has 3 nitrogen and oxygen atoms in total. The van der Waals surface area contributed by atoms with E-state index in [1.54, 1.807) is 6.92 Å². The number of rotatable bonds is 1. The number of esters is 1. The number of hydrogen-bond donors (Lipinski definition) is 0. The minimum absolute atomic E-state index is 0.102. The fraction of sp³-hybridized carbons (Fsp3) is 0.714. The van der Waals surface area contributed by atoms with Gasteiger partial charge in [0, 0.05) is 6.42 Å². The van der Waals surface area contributed by atoms with Gasteiger partial charge in [-0.2, -0.15) is 0 Å². The van der Waals surface area contributed by atoms with Crippen LogP contribution in [0.25, 0.3) is 0 Å². The van der Waals surface area contributed by atoms with Gasteiger partial charge in [-0.15, -0.1) is 0 Å². The zero-order chi connectivity index (χ0) is 7.78. The van der Waals surface area contributed by atoms with E-state index < -0.39 is 5.41 Å². The third-order valence-corrected chi connectivity index (χ3v) is 2.06. The number of ketones is 1. The summed E-state index contributed by atoms with van der Waals surface area (Å²) in [6, 6.07) is 0. The summed E-state index contributed by atoms with van der Waals surface area (Å²) in [5.74, 6) is -0.477. The third kappa shape index (κ3) is 0.818. The molecule has 0 aromatic rings. The fourth-order valence-electron chi connectivity index (χ4n) is 0.929. The van der Waals surface area contributed by atoms with Crippen LogP contribution in [0.1, 0.15) is 20.3 Å². The zero-order valence-electron chi connectivity index (χ0n) is 6.14. The molecule has 1 atom stereocenters. The van der Waals surface area contributed by atoms with Crippen molar-refractivity contribution in [3.8, 4) is 0 Å². The predicted molar refractivity (Wildman–Crippen MR) is 34.4 cm³/mol. The molecule has 0 unspecified atom stereocenters. The van der Waals surface area contributed by atoms with Crippen LogP contribution in [0.2, 0.25) is 0 Å². The summed E-state index contributed by atoms with van der Waals surface area (Å²) in [7, 11) is 0. The summed E-state index contributed by atoms with van der Waals surface area (Å²) >= 11 is 0. The molecule has 1 fully saturated rings. The molecule has 1 aliphatic rings. The molecule has 0 bridgehead atoms. The normalized spacial score (nSPS) is 32.0. The van der Waals surface area contributed by atoms with E-state index in [1.807, 2.05) is 0 Å². The molecule has 3 heteroatoms. The standard InChI is InChI=1S/C7H10O3/c1-5(8)7(2)3-4-10-6(7)9/h3-4H2,1-2H3/t7-/m0/s1. The van der Waals surface area contributed by atoms with Gasteiger partial charge < -0.3 is 4.74 Å². The number of carbonyl (C=O) groups is 2. The molecule has 56 valence electrons. The second-order valence-corrected chi connectivity index (χ2v) is 2.77. The van der Waals surface area contributed by atoms with Crippen LogP contribution in [-0.2, 0) is 14.3 Å². The van der Waals surface area contributed by atoms with Crippen LogP contribution >= 0.6 is 0 Å². The summed E-state index contributed by atoms with van der Waals surface area (Å²) in [6.45, 7) is 3.44. The predicted octanol–water partition coefficient (Wildman–Crippen LogP) is 0.529. The first-order chi connectivity index (χ1) is 4.57. The summed E-state index contributed by atoms with van der Waals surface area (Å²) in [6.07, 6.45) is 0.529. The first-order valence-corrected chi connectivity index (χ1v) is 3.25. The molecule has 0 aromatic carbocycles. The van der Waals surface area contributed by atoms with E-state index in [9.17, 15) is 9.59 Å². The van der Waals surface area contributed by atoms with Crippen LogP contribution in [0.3, 0.4) is 0 Å². The quantitative estimate of drug-likeness (QED) is 0.396. The molecule has 1 saturated heterocycles. The van der Waals surface area contributed by atoms with Gasteiger partial charge in [0.15, 0.2) is 0 Å². The minimum Gasteiger partial charge on any atom is -0.465 e. The van der Waals surface area contributed by atoms with Crippen molar-refractivity contribution in [1.29, 1.82) is 0 Å². The van der Waals surface area contributed by atoms with E-state index in [2.05, 4.69) is 4.74 Å². The Bertz CT molecular complexity index is 185. The first kappa shape index (κ1) is 7.25. The van der Waals surface area contributed by atoms with Gasteiger partial charge in [-0.05, 0) is 13.8 Å². The Morgan fingerprint density at radius 1 is 1.70 bits per heavy atom. The van der Waals surface area contributed by atoms with E-state index in [0.717, 1.165) is 0 Å². The maximum Gasteiger partial charge on any atom is 0.319 e. The molecule has 10 heavy (non-hydrogen) atoms. The monoisotopic (exact) mass is 142 g/mol. The zero-order valence-corrected chi connectivity index (χ0v) is 6.14. The van der Waals surface area contributed by atoms with Crippen LogP contribution in [0.5, 0.6) is 0 Å². The highest BCUT2D eigenvalue weighted by Gasteiger charge is 2.44. The lowest BCUT2D eigenvalue weighted by molar-refractivity contribution is -0.149. The molecule has 1 aliphatic heterocycles. The van der Waals surface area contributed by atoms with Gasteiger partial charge in [-0.3, -0.25) is 9.59 Å². The Morgan fingerprint density at radius 3 is 2.50 bits per heavy atom. The lowest BCUT2D eigenvalue weighted by atomic mass is 9.85. The number of Topliss-reactive ketones (excluding diaryl/α,β-unsaturated/α-hetero) is 1. The van der Waals surface area contributed by atoms with Crippen molar-refractivity contribution >= 4 is 11.8 Å². The lowest BCUT2D eigenvalue weighted by Crippen LogP contribution is -2.30. The van der Waals surface area contributed by atoms with E-state index >= 15 is 0 Å².